The highest BCUT2D eigenvalue weighted by atomic mass is 16.5. The molecule has 0 aliphatic rings. The Kier molecular flexibility index (Phi) is 6.53. The standard InChI is InChI=1S/C20H29N3O2/c1-14(2)23(15(3)4)11-12-24-19-7-5-6-8-20(19)25-16-9-10-17(21)18(22)13-16/h5-10,13-15H,11-12,21-22H2,1-4H3. The van der Waals surface area contributed by atoms with Crippen molar-refractivity contribution in [1.29, 1.82) is 0 Å². The summed E-state index contributed by atoms with van der Waals surface area (Å²) in [5.41, 5.74) is 12.6. The van der Waals surface area contributed by atoms with E-state index in [1.54, 1.807) is 18.2 Å². The van der Waals surface area contributed by atoms with E-state index in [0.717, 1.165) is 6.54 Å². The monoisotopic (exact) mass is 343 g/mol. The molecule has 5 heteroatoms. The van der Waals surface area contributed by atoms with Crippen LogP contribution >= 0.6 is 0 Å². The number of nitrogens with zero attached hydrogens (tertiary/aromatic N) is 1. The van der Waals surface area contributed by atoms with Crippen molar-refractivity contribution in [3.63, 3.8) is 0 Å². The fourth-order valence-corrected chi connectivity index (χ4v) is 2.77. The quantitative estimate of drug-likeness (QED) is 0.705. The Morgan fingerprint density at radius 1 is 0.880 bits per heavy atom. The van der Waals surface area contributed by atoms with E-state index in [1.165, 1.54) is 0 Å². The van der Waals surface area contributed by atoms with Crippen LogP contribution in [-0.2, 0) is 0 Å². The van der Waals surface area contributed by atoms with Crippen molar-refractivity contribution in [2.45, 2.75) is 39.8 Å². The van der Waals surface area contributed by atoms with Gasteiger partial charge in [0.05, 0.1) is 11.4 Å². The Labute approximate surface area is 150 Å². The Bertz CT molecular complexity index is 678. The molecule has 2 aromatic rings. The molecular formula is C20H29N3O2. The minimum Gasteiger partial charge on any atom is -0.488 e. The lowest BCUT2D eigenvalue weighted by atomic mass is 10.2. The van der Waals surface area contributed by atoms with E-state index in [-0.39, 0.29) is 0 Å². The van der Waals surface area contributed by atoms with Crippen molar-refractivity contribution in [3.05, 3.63) is 42.5 Å². The normalized spacial score (nSPS) is 11.3. The molecule has 0 amide bonds. The van der Waals surface area contributed by atoms with Gasteiger partial charge in [-0.3, -0.25) is 4.90 Å². The minimum atomic E-state index is 0.479. The van der Waals surface area contributed by atoms with Crippen LogP contribution in [0.25, 0.3) is 0 Å². The molecule has 0 radical (unpaired) electrons. The summed E-state index contributed by atoms with van der Waals surface area (Å²) >= 11 is 0. The van der Waals surface area contributed by atoms with Crippen LogP contribution < -0.4 is 20.9 Å². The summed E-state index contributed by atoms with van der Waals surface area (Å²) in [6.07, 6.45) is 0. The van der Waals surface area contributed by atoms with Crippen LogP contribution in [0.2, 0.25) is 0 Å². The lowest BCUT2D eigenvalue weighted by molar-refractivity contribution is 0.141. The zero-order chi connectivity index (χ0) is 18.4. The second kappa shape index (κ2) is 8.62. The predicted octanol–water partition coefficient (Wildman–Crippen LogP) is 4.14. The van der Waals surface area contributed by atoms with Gasteiger partial charge in [0.1, 0.15) is 12.4 Å². The van der Waals surface area contributed by atoms with E-state index in [1.807, 2.05) is 24.3 Å². The van der Waals surface area contributed by atoms with Crippen molar-refractivity contribution < 1.29 is 9.47 Å². The first-order chi connectivity index (χ1) is 11.9. The number of rotatable bonds is 8. The summed E-state index contributed by atoms with van der Waals surface area (Å²) in [6.45, 7) is 10.2. The Hall–Kier alpha value is -2.40. The minimum absolute atomic E-state index is 0.479. The van der Waals surface area contributed by atoms with E-state index in [2.05, 4.69) is 32.6 Å². The summed E-state index contributed by atoms with van der Waals surface area (Å²) in [4.78, 5) is 2.39. The van der Waals surface area contributed by atoms with Crippen LogP contribution in [0.15, 0.2) is 42.5 Å². The lowest BCUT2D eigenvalue weighted by Crippen LogP contribution is -2.39. The average Bonchev–Trinajstić information content (AvgIpc) is 2.55. The molecule has 0 saturated heterocycles. The number of hydrogen-bond donors (Lipinski definition) is 2. The number of benzene rings is 2. The molecule has 0 aliphatic carbocycles. The van der Waals surface area contributed by atoms with Gasteiger partial charge in [-0.2, -0.15) is 0 Å². The molecule has 2 rings (SSSR count). The van der Waals surface area contributed by atoms with Crippen molar-refractivity contribution in [2.75, 3.05) is 24.6 Å². The second-order valence-electron chi connectivity index (χ2n) is 6.61. The predicted molar refractivity (Wildman–Crippen MR) is 104 cm³/mol. The summed E-state index contributed by atoms with van der Waals surface area (Å²) in [5.74, 6) is 2.01. The van der Waals surface area contributed by atoms with E-state index in [9.17, 15) is 0 Å². The molecule has 0 atom stereocenters. The van der Waals surface area contributed by atoms with E-state index in [0.29, 0.717) is 47.3 Å². The van der Waals surface area contributed by atoms with Gasteiger partial charge in [0, 0.05) is 24.7 Å². The summed E-state index contributed by atoms with van der Waals surface area (Å²) < 4.78 is 11.9. The highest BCUT2D eigenvalue weighted by Gasteiger charge is 2.14. The van der Waals surface area contributed by atoms with Gasteiger partial charge in [0.25, 0.3) is 0 Å². The molecule has 0 spiro atoms. The number of nitrogen functional groups attached to an aromatic ring is 2. The summed E-state index contributed by atoms with van der Waals surface area (Å²) in [5, 5.41) is 0. The van der Waals surface area contributed by atoms with Gasteiger partial charge in [0.2, 0.25) is 0 Å². The molecule has 0 aromatic heterocycles. The maximum Gasteiger partial charge on any atom is 0.169 e. The maximum atomic E-state index is 5.97. The Morgan fingerprint density at radius 3 is 2.12 bits per heavy atom. The van der Waals surface area contributed by atoms with E-state index < -0.39 is 0 Å². The highest BCUT2D eigenvalue weighted by Crippen LogP contribution is 2.33. The highest BCUT2D eigenvalue weighted by molar-refractivity contribution is 5.65. The smallest absolute Gasteiger partial charge is 0.169 e. The van der Waals surface area contributed by atoms with Crippen LogP contribution in [0, 0.1) is 0 Å². The maximum absolute atomic E-state index is 5.97. The topological polar surface area (TPSA) is 73.7 Å². The molecule has 2 aromatic carbocycles. The zero-order valence-electron chi connectivity index (χ0n) is 15.5. The third-order valence-corrected chi connectivity index (χ3v) is 4.07. The molecule has 0 heterocycles. The molecule has 25 heavy (non-hydrogen) atoms. The van der Waals surface area contributed by atoms with Gasteiger partial charge >= 0.3 is 0 Å². The van der Waals surface area contributed by atoms with Crippen molar-refractivity contribution >= 4 is 11.4 Å². The number of para-hydroxylation sites is 2. The van der Waals surface area contributed by atoms with Gasteiger partial charge in [-0.05, 0) is 52.0 Å². The van der Waals surface area contributed by atoms with Crippen molar-refractivity contribution in [3.8, 4) is 17.2 Å². The van der Waals surface area contributed by atoms with Gasteiger partial charge in [-0.1, -0.05) is 12.1 Å². The van der Waals surface area contributed by atoms with Gasteiger partial charge in [-0.15, -0.1) is 0 Å². The molecule has 0 unspecified atom stereocenters. The first-order valence-corrected chi connectivity index (χ1v) is 8.69. The molecule has 0 saturated carbocycles. The number of hydrogen-bond acceptors (Lipinski definition) is 5. The summed E-state index contributed by atoms with van der Waals surface area (Å²) in [7, 11) is 0. The van der Waals surface area contributed by atoms with E-state index >= 15 is 0 Å². The first-order valence-electron chi connectivity index (χ1n) is 8.69. The van der Waals surface area contributed by atoms with Crippen LogP contribution in [0.5, 0.6) is 17.2 Å². The molecule has 0 bridgehead atoms. The largest absolute Gasteiger partial charge is 0.488 e. The van der Waals surface area contributed by atoms with Gasteiger partial charge < -0.3 is 20.9 Å². The number of anilines is 2. The van der Waals surface area contributed by atoms with Gasteiger partial charge in [0.15, 0.2) is 11.5 Å². The SMILES string of the molecule is CC(C)N(CCOc1ccccc1Oc1ccc(N)c(N)c1)C(C)C. The average molecular weight is 343 g/mol. The Morgan fingerprint density at radius 2 is 1.52 bits per heavy atom. The van der Waals surface area contributed by atoms with Crippen LogP contribution in [-0.4, -0.2) is 30.1 Å². The molecule has 4 N–H and O–H groups in total. The fourth-order valence-electron chi connectivity index (χ4n) is 2.77. The van der Waals surface area contributed by atoms with Crippen molar-refractivity contribution in [1.82, 2.24) is 4.90 Å². The number of nitrogens with two attached hydrogens (primary N) is 2. The van der Waals surface area contributed by atoms with E-state index in [4.69, 9.17) is 20.9 Å². The number of ether oxygens (including phenoxy) is 2. The van der Waals surface area contributed by atoms with Crippen LogP contribution in [0.3, 0.4) is 0 Å². The molecular weight excluding hydrogens is 314 g/mol. The van der Waals surface area contributed by atoms with Crippen molar-refractivity contribution in [2.24, 2.45) is 0 Å². The third kappa shape index (κ3) is 5.29. The molecule has 0 aliphatic heterocycles. The lowest BCUT2D eigenvalue weighted by Gasteiger charge is -2.30. The zero-order valence-corrected chi connectivity index (χ0v) is 15.5. The third-order valence-electron chi connectivity index (χ3n) is 4.07. The Balaban J connectivity index is 2.03. The first kappa shape index (κ1) is 18.9. The van der Waals surface area contributed by atoms with Crippen LogP contribution in [0.1, 0.15) is 27.7 Å². The summed E-state index contributed by atoms with van der Waals surface area (Å²) in [6, 6.07) is 13.8. The van der Waals surface area contributed by atoms with Gasteiger partial charge in [-0.25, -0.2) is 0 Å². The van der Waals surface area contributed by atoms with Crippen LogP contribution in [0.4, 0.5) is 11.4 Å². The molecule has 5 nitrogen and oxygen atoms in total. The molecule has 0 fully saturated rings. The molecule has 136 valence electrons. The second-order valence-corrected chi connectivity index (χ2v) is 6.61. The fraction of sp³-hybridized carbons (Fsp3) is 0.400.